The molecule has 0 radical (unpaired) electrons. The fraction of sp³-hybridized carbons (Fsp3) is 0.429. The normalized spacial score (nSPS) is 18.9. The molecule has 120 valence electrons. The lowest BCUT2D eigenvalue weighted by atomic mass is 9.90. The molecule has 0 unspecified atom stereocenters. The predicted molar refractivity (Wildman–Crippen MR) is 85.4 cm³/mol. The first-order valence-corrected chi connectivity index (χ1v) is 8.88. The van der Waals surface area contributed by atoms with Crippen molar-refractivity contribution in [3.63, 3.8) is 0 Å². The van der Waals surface area contributed by atoms with Crippen LogP contribution in [0.15, 0.2) is 28.2 Å². The first-order valence-electron chi connectivity index (χ1n) is 6.95. The van der Waals surface area contributed by atoms with Gasteiger partial charge in [0.2, 0.25) is 10.0 Å². The molecule has 0 heterocycles. The maximum atomic E-state index is 12.0. The smallest absolute Gasteiger partial charge is 0.267 e. The van der Waals surface area contributed by atoms with Crippen molar-refractivity contribution >= 4 is 33.2 Å². The molecule has 3 N–H and O–H groups in total. The van der Waals surface area contributed by atoms with Crippen LogP contribution in [-0.4, -0.2) is 20.0 Å². The van der Waals surface area contributed by atoms with Crippen LogP contribution in [0.4, 0.5) is 0 Å². The van der Waals surface area contributed by atoms with E-state index in [-0.39, 0.29) is 15.5 Å². The van der Waals surface area contributed by atoms with Gasteiger partial charge >= 0.3 is 0 Å². The molecule has 22 heavy (non-hydrogen) atoms. The van der Waals surface area contributed by atoms with Gasteiger partial charge in [-0.25, -0.2) is 19.0 Å². The highest BCUT2D eigenvalue weighted by molar-refractivity contribution is 7.89. The number of hydrazone groups is 1. The Bertz CT molecular complexity index is 706. The third kappa shape index (κ3) is 4.28. The average Bonchev–Trinajstić information content (AvgIpc) is 2.45. The molecule has 0 atom stereocenters. The number of hydrogen-bond acceptors (Lipinski definition) is 4. The molecule has 0 aromatic heterocycles. The standard InChI is InChI=1S/C14H18ClN3O3S/c1-9-2-5-11(6-3-9)17-18-14(19)10-4-7-12(15)13(8-10)22(16,20)21/h4,7-9H,2-3,5-6H2,1H3,(H,18,19)(H2,16,20,21). The number of halogens is 1. The van der Waals surface area contributed by atoms with Gasteiger partial charge < -0.3 is 0 Å². The van der Waals surface area contributed by atoms with Crippen LogP contribution in [-0.2, 0) is 10.0 Å². The van der Waals surface area contributed by atoms with Crippen molar-refractivity contribution in [2.24, 2.45) is 16.2 Å². The molecule has 1 aromatic rings. The summed E-state index contributed by atoms with van der Waals surface area (Å²) in [6.07, 6.45) is 3.85. The Morgan fingerprint density at radius 2 is 2.00 bits per heavy atom. The molecule has 1 amide bonds. The van der Waals surface area contributed by atoms with Gasteiger partial charge in [-0.05, 0) is 49.8 Å². The number of hydrogen-bond donors (Lipinski definition) is 2. The molecular weight excluding hydrogens is 326 g/mol. The van der Waals surface area contributed by atoms with Gasteiger partial charge in [-0.1, -0.05) is 18.5 Å². The van der Waals surface area contributed by atoms with Crippen molar-refractivity contribution in [3.05, 3.63) is 28.8 Å². The number of nitrogens with two attached hydrogens (primary N) is 1. The number of primary sulfonamides is 1. The number of nitrogens with one attached hydrogen (secondary N) is 1. The summed E-state index contributed by atoms with van der Waals surface area (Å²) in [7, 11) is -3.98. The lowest BCUT2D eigenvalue weighted by molar-refractivity contribution is 0.0954. The first kappa shape index (κ1) is 16.9. The topological polar surface area (TPSA) is 102 Å². The second-order valence-corrected chi connectivity index (χ2v) is 7.43. The Labute approximate surface area is 134 Å². The SMILES string of the molecule is CC1CCC(=NNC(=O)c2ccc(Cl)c(S(N)(=O)=O)c2)CC1. The Hall–Kier alpha value is -1.44. The van der Waals surface area contributed by atoms with Crippen LogP contribution in [0.25, 0.3) is 0 Å². The second kappa shape index (κ2) is 6.76. The Morgan fingerprint density at radius 3 is 2.59 bits per heavy atom. The predicted octanol–water partition coefficient (Wildman–Crippen LogP) is 2.28. The van der Waals surface area contributed by atoms with E-state index in [1.807, 2.05) is 0 Å². The van der Waals surface area contributed by atoms with Crippen LogP contribution in [0, 0.1) is 5.92 Å². The minimum Gasteiger partial charge on any atom is -0.267 e. The van der Waals surface area contributed by atoms with Gasteiger partial charge in [-0.3, -0.25) is 4.79 Å². The van der Waals surface area contributed by atoms with Crippen molar-refractivity contribution in [2.45, 2.75) is 37.5 Å². The summed E-state index contributed by atoms with van der Waals surface area (Å²) in [6.45, 7) is 2.19. The maximum absolute atomic E-state index is 12.0. The Kier molecular flexibility index (Phi) is 5.20. The highest BCUT2D eigenvalue weighted by atomic mass is 35.5. The summed E-state index contributed by atoms with van der Waals surface area (Å²) >= 11 is 5.78. The van der Waals surface area contributed by atoms with Gasteiger partial charge in [0.05, 0.1) is 5.02 Å². The van der Waals surface area contributed by atoms with Crippen LogP contribution in [0.1, 0.15) is 43.0 Å². The number of rotatable bonds is 3. The summed E-state index contributed by atoms with van der Waals surface area (Å²) in [5.41, 5.74) is 3.54. The third-order valence-corrected chi connectivity index (χ3v) is 5.06. The summed E-state index contributed by atoms with van der Waals surface area (Å²) in [6, 6.07) is 3.90. The largest absolute Gasteiger partial charge is 0.271 e. The van der Waals surface area contributed by atoms with Gasteiger partial charge in [0.15, 0.2) is 0 Å². The summed E-state index contributed by atoms with van der Waals surface area (Å²) in [4.78, 5) is 11.8. The van der Waals surface area contributed by atoms with Gasteiger partial charge in [0.1, 0.15) is 4.90 Å². The van der Waals surface area contributed by atoms with Gasteiger partial charge in [-0.15, -0.1) is 0 Å². The van der Waals surface area contributed by atoms with Gasteiger partial charge in [0, 0.05) is 11.3 Å². The van der Waals surface area contributed by atoms with Crippen molar-refractivity contribution in [1.29, 1.82) is 0 Å². The van der Waals surface area contributed by atoms with Crippen molar-refractivity contribution in [1.82, 2.24) is 5.43 Å². The fourth-order valence-corrected chi connectivity index (χ4v) is 3.34. The molecule has 0 saturated heterocycles. The van der Waals surface area contributed by atoms with E-state index in [1.165, 1.54) is 12.1 Å². The van der Waals surface area contributed by atoms with Gasteiger partial charge in [-0.2, -0.15) is 5.10 Å². The number of nitrogens with zero attached hydrogens (tertiary/aromatic N) is 1. The van der Waals surface area contributed by atoms with E-state index in [0.717, 1.165) is 37.5 Å². The number of amides is 1. The van der Waals surface area contributed by atoms with E-state index in [4.69, 9.17) is 16.7 Å². The minimum absolute atomic E-state index is 0.0216. The Morgan fingerprint density at radius 1 is 1.36 bits per heavy atom. The van der Waals surface area contributed by atoms with Crippen molar-refractivity contribution in [3.8, 4) is 0 Å². The highest BCUT2D eigenvalue weighted by Crippen LogP contribution is 2.22. The zero-order valence-electron chi connectivity index (χ0n) is 12.2. The molecule has 2 rings (SSSR count). The fourth-order valence-electron chi connectivity index (χ4n) is 2.26. The number of benzene rings is 1. The molecule has 6 nitrogen and oxygen atoms in total. The lowest BCUT2D eigenvalue weighted by Gasteiger charge is -2.18. The minimum atomic E-state index is -3.98. The lowest BCUT2D eigenvalue weighted by Crippen LogP contribution is -2.22. The molecule has 1 fully saturated rings. The molecule has 1 aliphatic carbocycles. The van der Waals surface area contributed by atoms with E-state index in [1.54, 1.807) is 0 Å². The van der Waals surface area contributed by atoms with E-state index in [0.29, 0.717) is 5.92 Å². The molecule has 0 aliphatic heterocycles. The summed E-state index contributed by atoms with van der Waals surface area (Å²) in [5.74, 6) is 0.191. The van der Waals surface area contributed by atoms with Crippen LogP contribution in [0.3, 0.4) is 0 Å². The summed E-state index contributed by atoms with van der Waals surface area (Å²) < 4.78 is 22.8. The molecule has 0 bridgehead atoms. The molecule has 1 aliphatic rings. The number of carbonyl (C=O) groups is 1. The van der Waals surface area contributed by atoms with Crippen LogP contribution >= 0.6 is 11.6 Å². The van der Waals surface area contributed by atoms with Crippen molar-refractivity contribution in [2.75, 3.05) is 0 Å². The van der Waals surface area contributed by atoms with Gasteiger partial charge in [0.25, 0.3) is 5.91 Å². The molecule has 8 heteroatoms. The molecule has 0 spiro atoms. The average molecular weight is 344 g/mol. The maximum Gasteiger partial charge on any atom is 0.271 e. The third-order valence-electron chi connectivity index (χ3n) is 3.67. The Balaban J connectivity index is 2.12. The second-order valence-electron chi connectivity index (χ2n) is 5.49. The molecular formula is C14H18ClN3O3S. The zero-order chi connectivity index (χ0) is 16.3. The molecule has 1 aromatic carbocycles. The van der Waals surface area contributed by atoms with E-state index in [9.17, 15) is 13.2 Å². The quantitative estimate of drug-likeness (QED) is 0.823. The monoisotopic (exact) mass is 343 g/mol. The van der Waals surface area contributed by atoms with E-state index in [2.05, 4.69) is 17.5 Å². The van der Waals surface area contributed by atoms with E-state index >= 15 is 0 Å². The highest BCUT2D eigenvalue weighted by Gasteiger charge is 2.17. The zero-order valence-corrected chi connectivity index (χ0v) is 13.7. The number of sulfonamides is 1. The van der Waals surface area contributed by atoms with Crippen LogP contribution in [0.5, 0.6) is 0 Å². The first-order chi connectivity index (χ1) is 10.3. The van der Waals surface area contributed by atoms with E-state index < -0.39 is 15.9 Å². The van der Waals surface area contributed by atoms with Crippen molar-refractivity contribution < 1.29 is 13.2 Å². The van der Waals surface area contributed by atoms with Crippen LogP contribution < -0.4 is 10.6 Å². The number of carbonyl (C=O) groups excluding carboxylic acids is 1. The summed E-state index contributed by atoms with van der Waals surface area (Å²) in [5, 5.41) is 9.15. The van der Waals surface area contributed by atoms with Crippen LogP contribution in [0.2, 0.25) is 5.02 Å². The molecule has 1 saturated carbocycles.